The summed E-state index contributed by atoms with van der Waals surface area (Å²) in [6, 6.07) is 13.8. The van der Waals surface area contributed by atoms with Gasteiger partial charge in [0, 0.05) is 24.9 Å². The van der Waals surface area contributed by atoms with Crippen LogP contribution in [-0.4, -0.2) is 39.6 Å². The Balaban J connectivity index is 2.06. The minimum atomic E-state index is -3.94. The van der Waals surface area contributed by atoms with E-state index >= 15 is 0 Å². The molecule has 0 N–H and O–H groups in total. The zero-order valence-corrected chi connectivity index (χ0v) is 17.2. The van der Waals surface area contributed by atoms with Gasteiger partial charge in [-0.2, -0.15) is 8.42 Å². The summed E-state index contributed by atoms with van der Waals surface area (Å²) in [5.41, 5.74) is 2.81. The van der Waals surface area contributed by atoms with Crippen LogP contribution in [0, 0.1) is 6.92 Å². The van der Waals surface area contributed by atoms with Crippen molar-refractivity contribution in [1.29, 1.82) is 0 Å². The number of esters is 1. The van der Waals surface area contributed by atoms with Crippen molar-refractivity contribution in [1.82, 2.24) is 0 Å². The summed E-state index contributed by atoms with van der Waals surface area (Å²) in [6.07, 6.45) is 2.47. The topological polar surface area (TPSA) is 88.4 Å². The maximum absolute atomic E-state index is 12.8. The molecule has 29 heavy (non-hydrogen) atoms. The van der Waals surface area contributed by atoms with Crippen LogP contribution in [0.25, 0.3) is 0 Å². The zero-order valence-electron chi connectivity index (χ0n) is 16.4. The van der Waals surface area contributed by atoms with Crippen molar-refractivity contribution >= 4 is 33.2 Å². The van der Waals surface area contributed by atoms with E-state index in [0.717, 1.165) is 16.8 Å². The number of sulfonamides is 1. The standard InChI is InChI=1S/C21H21N3O4S/c1-4-28-19(25)13-14-22-20-17-7-5-6-8-18(17)24(3)21(20)23-29(26,27)16-11-9-15(2)10-12-16/h5-14H,4H2,1-3H3/b14-13-,22-20+,23-21-. The normalized spacial score (nSPS) is 16.6. The SMILES string of the molecule is CCOC(=O)\C=C/N=C1/C(=N/S(=O)(=O)c2ccc(C)cc2)N(C)c2ccccc21. The first-order valence-corrected chi connectivity index (χ1v) is 10.4. The Morgan fingerprint density at radius 3 is 2.52 bits per heavy atom. The van der Waals surface area contributed by atoms with Gasteiger partial charge in [-0.05, 0) is 32.0 Å². The first-order valence-electron chi connectivity index (χ1n) is 8.99. The Labute approximate surface area is 170 Å². The lowest BCUT2D eigenvalue weighted by molar-refractivity contribution is -0.137. The second-order valence-electron chi connectivity index (χ2n) is 6.32. The fourth-order valence-corrected chi connectivity index (χ4v) is 3.85. The lowest BCUT2D eigenvalue weighted by Gasteiger charge is -2.12. The molecule has 1 aliphatic heterocycles. The first-order chi connectivity index (χ1) is 13.8. The lowest BCUT2D eigenvalue weighted by atomic mass is 10.1. The molecule has 1 heterocycles. The van der Waals surface area contributed by atoms with Crippen molar-refractivity contribution in [2.24, 2.45) is 9.39 Å². The predicted octanol–water partition coefficient (Wildman–Crippen LogP) is 3.10. The van der Waals surface area contributed by atoms with Crippen LogP contribution in [0.4, 0.5) is 5.69 Å². The number of carbonyl (C=O) groups excluding carboxylic acids is 1. The number of anilines is 1. The summed E-state index contributed by atoms with van der Waals surface area (Å²) < 4.78 is 34.6. The smallest absolute Gasteiger partial charge is 0.332 e. The van der Waals surface area contributed by atoms with Gasteiger partial charge in [0.1, 0.15) is 5.71 Å². The third kappa shape index (κ3) is 4.43. The second kappa shape index (κ2) is 8.40. The van der Waals surface area contributed by atoms with Crippen molar-refractivity contribution in [2.45, 2.75) is 18.7 Å². The van der Waals surface area contributed by atoms with Crippen molar-refractivity contribution in [2.75, 3.05) is 18.6 Å². The Morgan fingerprint density at radius 2 is 1.83 bits per heavy atom. The van der Waals surface area contributed by atoms with E-state index in [9.17, 15) is 13.2 Å². The lowest BCUT2D eigenvalue weighted by Crippen LogP contribution is -2.27. The largest absolute Gasteiger partial charge is 0.463 e. The Hall–Kier alpha value is -3.26. The molecule has 0 aliphatic carbocycles. The molecule has 7 nitrogen and oxygen atoms in total. The van der Waals surface area contributed by atoms with Crippen LogP contribution in [-0.2, 0) is 19.6 Å². The average Bonchev–Trinajstić information content (AvgIpc) is 2.94. The molecule has 0 fully saturated rings. The number of fused-ring (bicyclic) bond motifs is 1. The molecule has 0 radical (unpaired) electrons. The summed E-state index contributed by atoms with van der Waals surface area (Å²) in [4.78, 5) is 17.6. The van der Waals surface area contributed by atoms with Crippen LogP contribution >= 0.6 is 0 Å². The highest BCUT2D eigenvalue weighted by Crippen LogP contribution is 2.29. The fourth-order valence-electron chi connectivity index (χ4n) is 2.83. The molecular weight excluding hydrogens is 390 g/mol. The summed E-state index contributed by atoms with van der Waals surface area (Å²) in [5.74, 6) is -0.345. The van der Waals surface area contributed by atoms with Gasteiger partial charge in [0.2, 0.25) is 0 Å². The number of hydrogen-bond donors (Lipinski definition) is 0. The monoisotopic (exact) mass is 411 g/mol. The maximum Gasteiger partial charge on any atom is 0.332 e. The summed E-state index contributed by atoms with van der Waals surface area (Å²) in [6.45, 7) is 3.84. The van der Waals surface area contributed by atoms with E-state index < -0.39 is 16.0 Å². The molecule has 3 rings (SSSR count). The van der Waals surface area contributed by atoms with Crippen LogP contribution in [0.2, 0.25) is 0 Å². The van der Waals surface area contributed by atoms with E-state index in [1.165, 1.54) is 24.4 Å². The quantitative estimate of drug-likeness (QED) is 0.557. The van der Waals surface area contributed by atoms with Gasteiger partial charge in [-0.1, -0.05) is 35.9 Å². The molecule has 0 unspecified atom stereocenters. The van der Waals surface area contributed by atoms with Crippen LogP contribution in [0.15, 0.2) is 75.1 Å². The van der Waals surface area contributed by atoms with Gasteiger partial charge in [0.15, 0.2) is 5.84 Å². The summed E-state index contributed by atoms with van der Waals surface area (Å²) in [5, 5.41) is 0. The molecule has 150 valence electrons. The molecular formula is C21H21N3O4S. The molecule has 0 spiro atoms. The van der Waals surface area contributed by atoms with Gasteiger partial charge >= 0.3 is 5.97 Å². The highest BCUT2D eigenvalue weighted by atomic mass is 32.2. The van der Waals surface area contributed by atoms with Gasteiger partial charge in [0.25, 0.3) is 10.0 Å². The first kappa shape index (κ1) is 20.5. The van der Waals surface area contributed by atoms with Gasteiger partial charge in [0.05, 0.1) is 17.2 Å². The van der Waals surface area contributed by atoms with Gasteiger partial charge in [-0.3, -0.25) is 4.99 Å². The van der Waals surface area contributed by atoms with Crippen molar-refractivity contribution in [3.05, 3.63) is 71.9 Å². The number of benzene rings is 2. The number of ether oxygens (including phenoxy) is 1. The predicted molar refractivity (Wildman–Crippen MR) is 113 cm³/mol. The Morgan fingerprint density at radius 1 is 1.14 bits per heavy atom. The number of para-hydroxylation sites is 1. The van der Waals surface area contributed by atoms with Crippen LogP contribution in [0.1, 0.15) is 18.1 Å². The van der Waals surface area contributed by atoms with Crippen LogP contribution in [0.5, 0.6) is 0 Å². The molecule has 8 heteroatoms. The number of nitrogens with zero attached hydrogens (tertiary/aromatic N) is 3. The molecule has 0 atom stereocenters. The summed E-state index contributed by atoms with van der Waals surface area (Å²) in [7, 11) is -2.22. The van der Waals surface area contributed by atoms with Crippen LogP contribution < -0.4 is 4.90 Å². The van der Waals surface area contributed by atoms with E-state index in [2.05, 4.69) is 9.39 Å². The Bertz CT molecular complexity index is 1120. The number of aryl methyl sites for hydroxylation is 1. The number of likely N-dealkylation sites (N-methyl/N-ethyl adjacent to an activating group) is 1. The molecule has 0 bridgehead atoms. The van der Waals surface area contributed by atoms with E-state index in [0.29, 0.717) is 5.71 Å². The minimum Gasteiger partial charge on any atom is -0.463 e. The van der Waals surface area contributed by atoms with E-state index in [1.54, 1.807) is 31.0 Å². The van der Waals surface area contributed by atoms with Crippen molar-refractivity contribution in [3.63, 3.8) is 0 Å². The van der Waals surface area contributed by atoms with Crippen molar-refractivity contribution in [3.8, 4) is 0 Å². The average molecular weight is 411 g/mol. The third-order valence-corrected chi connectivity index (χ3v) is 5.56. The number of carbonyl (C=O) groups is 1. The number of rotatable bonds is 5. The number of aliphatic imine (C=N–C) groups is 1. The number of hydrogen-bond acceptors (Lipinski definition) is 5. The third-order valence-electron chi connectivity index (χ3n) is 4.28. The van der Waals surface area contributed by atoms with Crippen LogP contribution in [0.3, 0.4) is 0 Å². The van der Waals surface area contributed by atoms with E-state index in [-0.39, 0.29) is 17.3 Å². The molecule has 0 aromatic heterocycles. The fraction of sp³-hybridized carbons (Fsp3) is 0.190. The van der Waals surface area contributed by atoms with E-state index in [1.807, 2.05) is 31.2 Å². The summed E-state index contributed by atoms with van der Waals surface area (Å²) >= 11 is 0. The molecule has 0 saturated heterocycles. The minimum absolute atomic E-state index is 0.0985. The Kier molecular flexibility index (Phi) is 5.93. The van der Waals surface area contributed by atoms with Gasteiger partial charge in [-0.15, -0.1) is 4.40 Å². The zero-order chi connectivity index (χ0) is 21.0. The highest BCUT2D eigenvalue weighted by molar-refractivity contribution is 7.90. The van der Waals surface area contributed by atoms with E-state index in [4.69, 9.17) is 4.74 Å². The van der Waals surface area contributed by atoms with Gasteiger partial charge < -0.3 is 9.64 Å². The molecule has 2 aromatic rings. The number of amidine groups is 1. The molecule has 1 aliphatic rings. The van der Waals surface area contributed by atoms with Gasteiger partial charge in [-0.25, -0.2) is 4.79 Å². The highest BCUT2D eigenvalue weighted by Gasteiger charge is 2.31. The second-order valence-corrected chi connectivity index (χ2v) is 7.93. The van der Waals surface area contributed by atoms with Crippen molar-refractivity contribution < 1.29 is 17.9 Å². The molecule has 0 amide bonds. The maximum atomic E-state index is 12.8. The molecule has 0 saturated carbocycles. The molecule has 2 aromatic carbocycles.